The van der Waals surface area contributed by atoms with E-state index >= 15 is 0 Å². The van der Waals surface area contributed by atoms with E-state index in [0.29, 0.717) is 28.3 Å². The van der Waals surface area contributed by atoms with Gasteiger partial charge in [0.1, 0.15) is 0 Å². The van der Waals surface area contributed by atoms with Gasteiger partial charge in [-0.25, -0.2) is 14.0 Å². The molecule has 5 rings (SSSR count). The number of likely N-dealkylation sites (tertiary alicyclic amines) is 1. The smallest absolute Gasteiger partial charge is 0.352 e. The summed E-state index contributed by atoms with van der Waals surface area (Å²) in [5.74, 6) is -0.275. The molecule has 0 radical (unpaired) electrons. The van der Waals surface area contributed by atoms with Crippen LogP contribution in [0.3, 0.4) is 0 Å². The molecule has 1 amide bonds. The van der Waals surface area contributed by atoms with Crippen molar-refractivity contribution in [1.29, 1.82) is 5.26 Å². The number of hydrogen-bond acceptors (Lipinski definition) is 7. The molecule has 4 aromatic rings. The van der Waals surface area contributed by atoms with Crippen LogP contribution in [-0.2, 0) is 15.7 Å². The number of halogens is 3. The van der Waals surface area contributed by atoms with Crippen molar-refractivity contribution in [3.63, 3.8) is 0 Å². The number of nitrogens with one attached hydrogen (secondary N) is 2. The molecule has 0 aliphatic carbocycles. The van der Waals surface area contributed by atoms with E-state index in [4.69, 9.17) is 4.74 Å². The number of aromatic nitrogens is 4. The first kappa shape index (κ1) is 32.7. The highest BCUT2D eigenvalue weighted by molar-refractivity contribution is 5.81. The Kier molecular flexibility index (Phi) is 9.47. The number of carbonyl (C=O) groups is 1. The van der Waals surface area contributed by atoms with E-state index in [9.17, 15) is 28.0 Å². The molecule has 0 bridgehead atoms. The van der Waals surface area contributed by atoms with Gasteiger partial charge in [0.2, 0.25) is 5.91 Å². The van der Waals surface area contributed by atoms with Crippen LogP contribution in [-0.4, -0.2) is 69.1 Å². The minimum absolute atomic E-state index is 0.00433. The summed E-state index contributed by atoms with van der Waals surface area (Å²) in [6, 6.07) is 14.1. The first-order valence-corrected chi connectivity index (χ1v) is 14.8. The molecule has 2 N–H and O–H groups in total. The number of nitriles is 1. The summed E-state index contributed by atoms with van der Waals surface area (Å²) in [6.45, 7) is 4.99. The Balaban J connectivity index is 1.60. The standard InChI is InChI=1S/C32H35F3N8O3/c1-20(29(44)39-24-13-16-40(3)17-14-24)38-30(46-4)42-28(27-12-15-37-43(27)25-10-8-22(19-36)9-11-25)21(2)41(31(42)45)26-7-5-6-23(18-26)32(33,34)35/h5-12,15,18,20,24,30,38H,13-14,16-17H2,1-4H3,(H,39,44)/t20-,30?/m0/s1. The molecule has 2 aromatic carbocycles. The zero-order valence-corrected chi connectivity index (χ0v) is 25.9. The van der Waals surface area contributed by atoms with Gasteiger partial charge >= 0.3 is 11.9 Å². The Bertz CT molecular complexity index is 1790. The van der Waals surface area contributed by atoms with Crippen molar-refractivity contribution in [1.82, 2.24) is 34.4 Å². The van der Waals surface area contributed by atoms with Crippen LogP contribution < -0.4 is 16.3 Å². The number of nitrogens with zero attached hydrogens (tertiary/aromatic N) is 6. The summed E-state index contributed by atoms with van der Waals surface area (Å²) in [7, 11) is 3.39. The number of carbonyl (C=O) groups excluding carboxylic acids is 1. The molecule has 46 heavy (non-hydrogen) atoms. The van der Waals surface area contributed by atoms with E-state index in [-0.39, 0.29) is 17.6 Å². The van der Waals surface area contributed by atoms with E-state index < -0.39 is 29.8 Å². The van der Waals surface area contributed by atoms with Crippen LogP contribution in [0.15, 0.2) is 65.6 Å². The van der Waals surface area contributed by atoms with Crippen molar-refractivity contribution >= 4 is 5.91 Å². The predicted molar refractivity (Wildman–Crippen MR) is 164 cm³/mol. The van der Waals surface area contributed by atoms with Gasteiger partial charge in [0.25, 0.3) is 0 Å². The predicted octanol–water partition coefficient (Wildman–Crippen LogP) is 3.98. The molecular weight excluding hydrogens is 601 g/mol. The van der Waals surface area contributed by atoms with Crippen LogP contribution in [0.5, 0.6) is 0 Å². The summed E-state index contributed by atoms with van der Waals surface area (Å²) in [5.41, 5.74) is 0.463. The maximum Gasteiger partial charge on any atom is 0.416 e. The van der Waals surface area contributed by atoms with Crippen LogP contribution in [0.4, 0.5) is 13.2 Å². The largest absolute Gasteiger partial charge is 0.416 e. The highest BCUT2D eigenvalue weighted by atomic mass is 19.4. The van der Waals surface area contributed by atoms with E-state index in [0.717, 1.165) is 38.1 Å². The lowest BCUT2D eigenvalue weighted by atomic mass is 10.1. The molecule has 1 saturated heterocycles. The third-order valence-electron chi connectivity index (χ3n) is 8.18. The van der Waals surface area contributed by atoms with Gasteiger partial charge in [0.05, 0.1) is 57.9 Å². The second-order valence-electron chi connectivity index (χ2n) is 11.3. The summed E-state index contributed by atoms with van der Waals surface area (Å²) in [4.78, 5) is 29.7. The fourth-order valence-corrected chi connectivity index (χ4v) is 5.66. The molecule has 1 unspecified atom stereocenters. The lowest BCUT2D eigenvalue weighted by Gasteiger charge is -2.31. The molecule has 2 aromatic heterocycles. The molecule has 1 aliphatic heterocycles. The Morgan fingerprint density at radius 3 is 2.43 bits per heavy atom. The highest BCUT2D eigenvalue weighted by Gasteiger charge is 2.33. The number of piperidine rings is 1. The Morgan fingerprint density at radius 1 is 1.11 bits per heavy atom. The lowest BCUT2D eigenvalue weighted by molar-refractivity contribution is -0.137. The Morgan fingerprint density at radius 2 is 1.80 bits per heavy atom. The van der Waals surface area contributed by atoms with Crippen molar-refractivity contribution in [2.24, 2.45) is 0 Å². The number of benzene rings is 2. The Labute approximate surface area is 263 Å². The number of amides is 1. The highest BCUT2D eigenvalue weighted by Crippen LogP contribution is 2.33. The molecule has 0 saturated carbocycles. The van der Waals surface area contributed by atoms with Crippen molar-refractivity contribution < 1.29 is 22.7 Å². The van der Waals surface area contributed by atoms with Gasteiger partial charge in [-0.3, -0.25) is 14.7 Å². The first-order chi connectivity index (χ1) is 21.9. The van der Waals surface area contributed by atoms with Crippen LogP contribution in [0, 0.1) is 18.3 Å². The number of alkyl halides is 3. The van der Waals surface area contributed by atoms with Gasteiger partial charge in [-0.1, -0.05) is 6.07 Å². The zero-order chi connectivity index (χ0) is 33.2. The molecule has 3 heterocycles. The number of hydrogen-bond donors (Lipinski definition) is 2. The summed E-state index contributed by atoms with van der Waals surface area (Å²) >= 11 is 0. The van der Waals surface area contributed by atoms with E-state index in [1.165, 1.54) is 34.6 Å². The van der Waals surface area contributed by atoms with Gasteiger partial charge in [0.15, 0.2) is 6.35 Å². The minimum Gasteiger partial charge on any atom is -0.352 e. The van der Waals surface area contributed by atoms with Crippen molar-refractivity contribution in [2.45, 2.75) is 51.3 Å². The topological polar surface area (TPSA) is 122 Å². The van der Waals surface area contributed by atoms with Gasteiger partial charge in [-0.2, -0.15) is 23.5 Å². The maximum absolute atomic E-state index is 14.3. The second-order valence-corrected chi connectivity index (χ2v) is 11.3. The van der Waals surface area contributed by atoms with Crippen molar-refractivity contribution in [3.05, 3.63) is 88.1 Å². The Hall–Kier alpha value is -4.71. The lowest BCUT2D eigenvalue weighted by Crippen LogP contribution is -2.51. The van der Waals surface area contributed by atoms with Gasteiger partial charge in [-0.15, -0.1) is 0 Å². The fourth-order valence-electron chi connectivity index (χ4n) is 5.66. The van der Waals surface area contributed by atoms with Crippen molar-refractivity contribution in [3.8, 4) is 28.8 Å². The molecule has 11 nitrogen and oxygen atoms in total. The normalized spacial score (nSPS) is 15.8. The van der Waals surface area contributed by atoms with Gasteiger partial charge in [-0.05, 0) is 95.4 Å². The number of methoxy groups -OCH3 is 1. The molecule has 14 heteroatoms. The molecule has 2 atom stereocenters. The molecule has 1 aliphatic rings. The molecule has 242 valence electrons. The number of imidazole rings is 1. The maximum atomic E-state index is 14.3. The van der Waals surface area contributed by atoms with Crippen molar-refractivity contribution in [2.75, 3.05) is 27.2 Å². The first-order valence-electron chi connectivity index (χ1n) is 14.8. The second kappa shape index (κ2) is 13.3. The summed E-state index contributed by atoms with van der Waals surface area (Å²) < 4.78 is 50.8. The third kappa shape index (κ3) is 6.62. The van der Waals surface area contributed by atoms with E-state index in [1.807, 2.05) is 7.05 Å². The summed E-state index contributed by atoms with van der Waals surface area (Å²) in [6.07, 6.45) is -2.68. The number of ether oxygens (including phenoxy) is 1. The number of rotatable bonds is 9. The van der Waals surface area contributed by atoms with E-state index in [1.54, 1.807) is 48.9 Å². The average molecular weight is 637 g/mol. The molecular formula is C32H35F3N8O3. The summed E-state index contributed by atoms with van der Waals surface area (Å²) in [5, 5.41) is 19.8. The third-order valence-corrected chi connectivity index (χ3v) is 8.18. The SMILES string of the molecule is COC(N[C@@H](C)C(=O)NC1CCN(C)CC1)n1c(-c2ccnn2-c2ccc(C#N)cc2)c(C)n(-c2cccc(C(F)(F)F)c2)c1=O. The molecule has 1 fully saturated rings. The van der Waals surface area contributed by atoms with Crippen LogP contribution in [0.1, 0.15) is 42.9 Å². The molecule has 0 spiro atoms. The van der Waals surface area contributed by atoms with Gasteiger partial charge in [0, 0.05) is 13.2 Å². The zero-order valence-electron chi connectivity index (χ0n) is 25.9. The van der Waals surface area contributed by atoms with Crippen LogP contribution in [0.2, 0.25) is 0 Å². The minimum atomic E-state index is -4.62. The van der Waals surface area contributed by atoms with E-state index in [2.05, 4.69) is 26.7 Å². The van der Waals surface area contributed by atoms with Gasteiger partial charge < -0.3 is 15.0 Å². The fraction of sp³-hybridized carbons (Fsp3) is 0.375. The average Bonchev–Trinajstić information content (AvgIpc) is 3.62. The van der Waals surface area contributed by atoms with Crippen LogP contribution in [0.25, 0.3) is 22.8 Å². The monoisotopic (exact) mass is 636 g/mol. The quantitative estimate of drug-likeness (QED) is 0.267. The van der Waals surface area contributed by atoms with Crippen LogP contribution >= 0.6 is 0 Å².